The topological polar surface area (TPSA) is 91.6 Å². The van der Waals surface area contributed by atoms with Crippen LogP contribution >= 0.6 is 0 Å². The lowest BCUT2D eigenvalue weighted by Crippen LogP contribution is -1.88. The average Bonchev–Trinajstić information content (AvgIpc) is 4.00. The molecule has 10 bridgehead atoms. The van der Waals surface area contributed by atoms with Gasteiger partial charge in [0.15, 0.2) is 0 Å². The van der Waals surface area contributed by atoms with Gasteiger partial charge < -0.3 is 24.4 Å². The molecule has 2 aliphatic rings. The van der Waals surface area contributed by atoms with Gasteiger partial charge in [0.1, 0.15) is 11.5 Å². The van der Waals surface area contributed by atoms with Crippen LogP contribution in [0.5, 0.6) is 11.5 Å². The van der Waals surface area contributed by atoms with Crippen LogP contribution in [0.15, 0.2) is 72.8 Å². The molecule has 8 rings (SSSR count). The highest BCUT2D eigenvalue weighted by atomic mass is 16.5. The monoisotopic (exact) mass is 671 g/mol. The molecule has 0 aliphatic carbocycles. The van der Waals surface area contributed by atoms with Crippen molar-refractivity contribution in [2.24, 2.45) is 0 Å². The fourth-order valence-electron chi connectivity index (χ4n) is 7.55. The van der Waals surface area contributed by atoms with Gasteiger partial charge in [-0.3, -0.25) is 0 Å². The van der Waals surface area contributed by atoms with E-state index in [-0.39, 0.29) is 0 Å². The number of hydrogen-bond acceptors (Lipinski definition) is 4. The highest BCUT2D eigenvalue weighted by molar-refractivity contribution is 5.96. The van der Waals surface area contributed by atoms with Crippen molar-refractivity contribution in [3.8, 4) is 33.8 Å². The van der Waals surface area contributed by atoms with Crippen molar-refractivity contribution in [1.82, 2.24) is 24.9 Å². The van der Waals surface area contributed by atoms with Crippen molar-refractivity contribution >= 4 is 57.4 Å². The van der Waals surface area contributed by atoms with E-state index >= 15 is 0 Å². The molecule has 0 amide bonds. The quantitative estimate of drug-likeness (QED) is 0.164. The van der Waals surface area contributed by atoms with E-state index < -0.39 is 0 Å². The Morgan fingerprint density at radius 3 is 1.29 bits per heavy atom. The van der Waals surface area contributed by atoms with Crippen LogP contribution in [0.1, 0.15) is 58.9 Å². The number of benzene rings is 2. The number of rotatable bonds is 6. The molecule has 4 aromatic heterocycles. The highest BCUT2D eigenvalue weighted by Gasteiger charge is 2.17. The smallest absolute Gasteiger partial charge is 0.118 e. The SMILES string of the molecule is CCc1c(C)c2[nH]c1cc1nc(c(-c3ccc(OC)cc3)c3ccc([nH]3)c(-c3ccc(OC)cc3)c3nc(cc4[nH]c2c(C)c4CC)C=C3)C=C1. The Bertz CT molecular complexity index is 2400. The summed E-state index contributed by atoms with van der Waals surface area (Å²) in [7, 11) is 3.38. The number of methoxy groups -OCH3 is 2. The molecular weight excluding hydrogens is 631 g/mol. The number of nitrogens with one attached hydrogen (secondary N) is 3. The molecule has 0 unspecified atom stereocenters. The second-order valence-electron chi connectivity index (χ2n) is 13.0. The lowest BCUT2D eigenvalue weighted by molar-refractivity contribution is 0.415. The Morgan fingerprint density at radius 1 is 0.510 bits per heavy atom. The minimum atomic E-state index is 0.803. The molecule has 2 aromatic carbocycles. The molecule has 6 heterocycles. The highest BCUT2D eigenvalue weighted by Crippen LogP contribution is 2.36. The van der Waals surface area contributed by atoms with E-state index in [0.29, 0.717) is 0 Å². The van der Waals surface area contributed by atoms with Gasteiger partial charge in [-0.15, -0.1) is 0 Å². The van der Waals surface area contributed by atoms with E-state index in [1.807, 2.05) is 24.3 Å². The van der Waals surface area contributed by atoms with E-state index in [0.717, 1.165) is 102 Å². The minimum absolute atomic E-state index is 0.803. The molecule has 7 heteroatoms. The predicted molar refractivity (Wildman–Crippen MR) is 212 cm³/mol. The van der Waals surface area contributed by atoms with Gasteiger partial charge in [0.25, 0.3) is 0 Å². The van der Waals surface area contributed by atoms with Crippen molar-refractivity contribution in [3.63, 3.8) is 0 Å². The molecule has 7 nitrogen and oxygen atoms in total. The molecule has 0 saturated carbocycles. The molecule has 0 saturated heterocycles. The maximum absolute atomic E-state index is 5.50. The van der Waals surface area contributed by atoms with Crippen molar-refractivity contribution in [2.45, 2.75) is 40.5 Å². The summed E-state index contributed by atoms with van der Waals surface area (Å²) in [6, 6.07) is 24.9. The molecule has 0 atom stereocenters. The van der Waals surface area contributed by atoms with Gasteiger partial charge in [0.2, 0.25) is 0 Å². The summed E-state index contributed by atoms with van der Waals surface area (Å²) in [6.07, 6.45) is 10.2. The number of aromatic amines is 3. The van der Waals surface area contributed by atoms with Crippen LogP contribution in [0, 0.1) is 13.8 Å². The second-order valence-corrected chi connectivity index (χ2v) is 13.0. The summed E-state index contributed by atoms with van der Waals surface area (Å²) < 4.78 is 11.0. The van der Waals surface area contributed by atoms with Gasteiger partial charge in [-0.05, 0) is 133 Å². The van der Waals surface area contributed by atoms with E-state index in [9.17, 15) is 0 Å². The van der Waals surface area contributed by atoms with Gasteiger partial charge >= 0.3 is 0 Å². The molecule has 254 valence electrons. The Balaban J connectivity index is 1.53. The van der Waals surface area contributed by atoms with Gasteiger partial charge in [-0.1, -0.05) is 38.1 Å². The first-order valence-corrected chi connectivity index (χ1v) is 17.5. The third kappa shape index (κ3) is 5.65. The van der Waals surface area contributed by atoms with Crippen LogP contribution in [0.4, 0.5) is 0 Å². The van der Waals surface area contributed by atoms with Crippen molar-refractivity contribution in [2.75, 3.05) is 14.2 Å². The Labute approximate surface area is 297 Å². The molecule has 51 heavy (non-hydrogen) atoms. The normalized spacial score (nSPS) is 12.1. The van der Waals surface area contributed by atoms with Crippen LogP contribution in [-0.4, -0.2) is 39.1 Å². The van der Waals surface area contributed by atoms with Gasteiger partial charge in [-0.25, -0.2) is 9.97 Å². The number of aromatic nitrogens is 5. The molecule has 2 aliphatic heterocycles. The van der Waals surface area contributed by atoms with Gasteiger partial charge in [0.05, 0.1) is 48.0 Å². The first kappa shape index (κ1) is 32.1. The van der Waals surface area contributed by atoms with Crippen molar-refractivity contribution < 1.29 is 9.47 Å². The number of H-pyrrole nitrogens is 3. The minimum Gasteiger partial charge on any atom is -0.497 e. The maximum Gasteiger partial charge on any atom is 0.118 e. The summed E-state index contributed by atoms with van der Waals surface area (Å²) in [5, 5.41) is 0. The second kappa shape index (κ2) is 13.0. The molecule has 0 fully saturated rings. The van der Waals surface area contributed by atoms with E-state index in [1.165, 1.54) is 22.3 Å². The molecule has 3 N–H and O–H groups in total. The van der Waals surface area contributed by atoms with Crippen LogP contribution in [0.2, 0.25) is 0 Å². The summed E-state index contributed by atoms with van der Waals surface area (Å²) in [5.41, 5.74) is 19.0. The zero-order valence-electron chi connectivity index (χ0n) is 29.9. The van der Waals surface area contributed by atoms with E-state index in [2.05, 4.69) is 115 Å². The lowest BCUT2D eigenvalue weighted by atomic mass is 10.0. The van der Waals surface area contributed by atoms with E-state index in [4.69, 9.17) is 19.4 Å². The number of aryl methyl sites for hydroxylation is 4. The first-order valence-electron chi connectivity index (χ1n) is 17.5. The summed E-state index contributed by atoms with van der Waals surface area (Å²) in [5.74, 6) is 1.61. The zero-order chi connectivity index (χ0) is 35.2. The molecule has 0 radical (unpaired) electrons. The Kier molecular flexibility index (Phi) is 8.19. The third-order valence-electron chi connectivity index (χ3n) is 10.2. The summed E-state index contributed by atoms with van der Waals surface area (Å²) >= 11 is 0. The van der Waals surface area contributed by atoms with Crippen molar-refractivity contribution in [3.05, 3.63) is 118 Å². The predicted octanol–water partition coefficient (Wildman–Crippen LogP) is 10.8. The molecule has 0 spiro atoms. The standard InChI is InChI=1S/C44H41N5O2/c1-7-33-25(3)43-44-26(4)34(8-2)40(49-44)24-30-14-20-36(46-30)42(28-11-17-32(51-6)18-12-28)38-22-21-37(47-38)41(27-9-15-31(50-5)16-10-27)35-19-13-29(45-35)23-39(33)48-43/h9-24,47-49H,7-8H2,1-6H3. The van der Waals surface area contributed by atoms with Crippen molar-refractivity contribution in [1.29, 1.82) is 0 Å². The fraction of sp³-hybridized carbons (Fsp3) is 0.182. The number of ether oxygens (including phenoxy) is 2. The fourth-order valence-corrected chi connectivity index (χ4v) is 7.55. The summed E-state index contributed by atoms with van der Waals surface area (Å²) in [4.78, 5) is 21.8. The van der Waals surface area contributed by atoms with Crippen LogP contribution < -0.4 is 9.47 Å². The largest absolute Gasteiger partial charge is 0.497 e. The summed E-state index contributed by atoms with van der Waals surface area (Å²) in [6.45, 7) is 8.86. The number of nitrogens with zero attached hydrogens (tertiary/aromatic N) is 2. The average molecular weight is 672 g/mol. The molecule has 6 aromatic rings. The van der Waals surface area contributed by atoms with Gasteiger partial charge in [0, 0.05) is 33.2 Å². The molecular formula is C44H41N5O2. The van der Waals surface area contributed by atoms with Crippen LogP contribution in [-0.2, 0) is 12.8 Å². The van der Waals surface area contributed by atoms with E-state index in [1.54, 1.807) is 14.2 Å². The lowest BCUT2D eigenvalue weighted by Gasteiger charge is -2.07. The maximum atomic E-state index is 5.50. The third-order valence-corrected chi connectivity index (χ3v) is 10.2. The zero-order valence-corrected chi connectivity index (χ0v) is 29.9. The number of fused-ring (bicyclic) bond motifs is 11. The number of hydrogen-bond donors (Lipinski definition) is 3. The van der Waals surface area contributed by atoms with Crippen LogP contribution in [0.3, 0.4) is 0 Å². The Hall–Kier alpha value is -6.08. The first-order chi connectivity index (χ1) is 24.9. The Morgan fingerprint density at radius 2 is 0.922 bits per heavy atom. The van der Waals surface area contributed by atoms with Gasteiger partial charge in [-0.2, -0.15) is 0 Å². The van der Waals surface area contributed by atoms with Crippen LogP contribution in [0.25, 0.3) is 79.7 Å².